The van der Waals surface area contributed by atoms with Gasteiger partial charge >= 0.3 is 5.69 Å². The summed E-state index contributed by atoms with van der Waals surface area (Å²) in [6.45, 7) is 19.8. The molecular formula is C26H41N4O6PS2Si. The maximum atomic E-state index is 12.3. The average molecular weight is 629 g/mol. The van der Waals surface area contributed by atoms with Crippen molar-refractivity contribution in [2.45, 2.75) is 108 Å². The second-order valence-corrected chi connectivity index (χ2v) is 24.5. The third kappa shape index (κ3) is 5.77. The zero-order valence-corrected chi connectivity index (χ0v) is 27.8. The molecule has 14 heteroatoms. The summed E-state index contributed by atoms with van der Waals surface area (Å²) in [5.41, 5.74) is -2.08. The molecule has 3 aliphatic rings. The van der Waals surface area contributed by atoms with E-state index >= 15 is 0 Å². The van der Waals surface area contributed by atoms with E-state index in [1.54, 1.807) is 15.9 Å². The van der Waals surface area contributed by atoms with Crippen LogP contribution >= 0.6 is 17.1 Å². The first-order valence-electron chi connectivity index (χ1n) is 13.8. The molecule has 2 N–H and O–H groups in total. The molecule has 7 atom stereocenters. The minimum atomic E-state index is -2.61. The van der Waals surface area contributed by atoms with E-state index in [2.05, 4.69) is 69.2 Å². The maximum Gasteiger partial charge on any atom is 0.327 e. The smallest absolute Gasteiger partial charge is 0.327 e. The predicted octanol–water partition coefficient (Wildman–Crippen LogP) is 5.60. The molecule has 2 saturated heterocycles. The van der Waals surface area contributed by atoms with Crippen molar-refractivity contribution < 1.29 is 18.2 Å². The van der Waals surface area contributed by atoms with E-state index in [0.717, 1.165) is 19.3 Å². The van der Waals surface area contributed by atoms with Gasteiger partial charge in [-0.25, -0.2) is 9.78 Å². The van der Waals surface area contributed by atoms with Crippen LogP contribution in [0.5, 0.6) is 0 Å². The van der Waals surface area contributed by atoms with E-state index < -0.39 is 37.6 Å². The fourth-order valence-electron chi connectivity index (χ4n) is 5.48. The van der Waals surface area contributed by atoms with Crippen LogP contribution < -0.4 is 11.2 Å². The minimum Gasteiger partial charge on any atom is -0.411 e. The van der Waals surface area contributed by atoms with Crippen LogP contribution in [0.2, 0.25) is 18.1 Å². The number of imidazole rings is 1. The number of fused-ring (bicyclic) bond motifs is 2. The summed E-state index contributed by atoms with van der Waals surface area (Å²) in [4.78, 5) is 33.4. The molecule has 3 fully saturated rings. The van der Waals surface area contributed by atoms with Crippen molar-refractivity contribution in [3.8, 4) is 0 Å². The van der Waals surface area contributed by atoms with E-state index in [-0.39, 0.29) is 34.1 Å². The Morgan fingerprint density at radius 3 is 2.75 bits per heavy atom. The van der Waals surface area contributed by atoms with E-state index in [9.17, 15) is 9.59 Å². The molecule has 4 heterocycles. The van der Waals surface area contributed by atoms with Crippen molar-refractivity contribution in [2.24, 2.45) is 5.92 Å². The number of nitrogens with one attached hydrogen (secondary N) is 2. The Morgan fingerprint density at radius 1 is 1.35 bits per heavy atom. The summed E-state index contributed by atoms with van der Waals surface area (Å²) in [6, 6.07) is 0. The summed E-state index contributed by atoms with van der Waals surface area (Å²) in [7, 11) is -2.17. The van der Waals surface area contributed by atoms with Gasteiger partial charge in [0.2, 0.25) is 5.69 Å². The molecule has 5 rings (SSSR count). The lowest BCUT2D eigenvalue weighted by Gasteiger charge is -2.39. The Balaban J connectivity index is 1.37. The number of aromatic amines is 2. The molecule has 2 aromatic rings. The average Bonchev–Trinajstić information content (AvgIpc) is 3.49. The molecule has 10 nitrogen and oxygen atoms in total. The highest BCUT2D eigenvalue weighted by molar-refractivity contribution is 8.68. The van der Waals surface area contributed by atoms with Crippen molar-refractivity contribution in [3.05, 3.63) is 39.3 Å². The quantitative estimate of drug-likeness (QED) is 0.229. The van der Waals surface area contributed by atoms with Gasteiger partial charge in [-0.2, -0.15) is 0 Å². The molecule has 0 bridgehead atoms. The molecule has 1 saturated carbocycles. The fraction of sp³-hybridized carbons (Fsp3) is 0.731. The first kappa shape index (κ1) is 30.4. The molecule has 0 amide bonds. The summed E-state index contributed by atoms with van der Waals surface area (Å²) in [5, 5.41) is -0.00249. The SMILES string of the molecule is C=C(C)[C@H]1CC[C@@]2(C)S[P@](=S)(OC[C@H]3O[C@@H](n4cnc5c(=O)[nH]c(=O)[nH]c54)C[C@@H]3O[Si](C)(C)C(C)(C)C)O[C@@H]2C1. The molecule has 2 aromatic heterocycles. The number of hydrogen-bond donors (Lipinski definition) is 2. The Labute approximate surface area is 245 Å². The maximum absolute atomic E-state index is 12.3. The van der Waals surface area contributed by atoms with Crippen molar-refractivity contribution in [1.29, 1.82) is 0 Å². The Hall–Kier alpha value is -1.05. The lowest BCUT2D eigenvalue weighted by Crippen LogP contribution is -2.46. The third-order valence-electron chi connectivity index (χ3n) is 9.05. The van der Waals surface area contributed by atoms with Crippen LogP contribution in [0.25, 0.3) is 11.2 Å². The second kappa shape index (κ2) is 10.6. The zero-order chi connectivity index (χ0) is 29.3. The van der Waals surface area contributed by atoms with Gasteiger partial charge in [-0.3, -0.25) is 19.3 Å². The first-order chi connectivity index (χ1) is 18.5. The number of allylic oxidation sites excluding steroid dienone is 1. The highest BCUT2D eigenvalue weighted by Crippen LogP contribution is 2.75. The number of ether oxygens (including phenoxy) is 1. The van der Waals surface area contributed by atoms with Crippen LogP contribution in [0.3, 0.4) is 0 Å². The Morgan fingerprint density at radius 2 is 2.08 bits per heavy atom. The summed E-state index contributed by atoms with van der Waals surface area (Å²) >= 11 is 7.72. The standard InChI is InChI=1S/C26H41N4O6PS2Si/c1-15(2)16-9-10-26(6)19(11-16)35-37(38,39-26)33-13-18-17(36-40(7,8)25(3,4)5)12-20(34-18)30-14-27-21-22(30)28-24(32)29-23(21)31/h14,16-20H,1,9-13H2,2-8H3,(H2,28,29,31,32)/t16-,17-,18+,19+,20+,26+,37+/m0/s1. The Kier molecular flexibility index (Phi) is 8.05. The van der Waals surface area contributed by atoms with Crippen molar-refractivity contribution in [2.75, 3.05) is 6.61 Å². The lowest BCUT2D eigenvalue weighted by atomic mass is 9.77. The summed E-state index contributed by atoms with van der Waals surface area (Å²) < 4.78 is 28.0. The van der Waals surface area contributed by atoms with Gasteiger partial charge in [-0.15, -0.1) is 0 Å². The van der Waals surface area contributed by atoms with Gasteiger partial charge in [0, 0.05) is 11.2 Å². The van der Waals surface area contributed by atoms with E-state index in [0.29, 0.717) is 18.0 Å². The largest absolute Gasteiger partial charge is 0.411 e. The zero-order valence-electron chi connectivity index (χ0n) is 24.3. The fourth-order valence-corrected chi connectivity index (χ4v) is 14.0. The first-order valence-corrected chi connectivity index (χ1v) is 20.8. The summed E-state index contributed by atoms with van der Waals surface area (Å²) in [5.74, 6) is 0.449. The minimum absolute atomic E-state index is 0.00249. The number of aromatic nitrogens is 4. The third-order valence-corrected chi connectivity index (χ3v) is 19.4. The van der Waals surface area contributed by atoms with Crippen molar-refractivity contribution in [1.82, 2.24) is 19.5 Å². The van der Waals surface area contributed by atoms with Gasteiger partial charge in [0.25, 0.3) is 5.56 Å². The number of H-pyrrole nitrogens is 2. The molecular weight excluding hydrogens is 588 g/mol. The number of rotatable bonds is 7. The highest BCUT2D eigenvalue weighted by atomic mass is 32.9. The monoisotopic (exact) mass is 628 g/mol. The van der Waals surface area contributed by atoms with Gasteiger partial charge in [0.05, 0.1) is 25.1 Å². The molecule has 0 unspecified atom stereocenters. The highest BCUT2D eigenvalue weighted by Gasteiger charge is 2.54. The van der Waals surface area contributed by atoms with Gasteiger partial charge in [0.15, 0.2) is 13.8 Å². The lowest BCUT2D eigenvalue weighted by molar-refractivity contribution is -0.0367. The molecule has 0 spiro atoms. The van der Waals surface area contributed by atoms with Crippen LogP contribution in [0.15, 0.2) is 28.1 Å². The van der Waals surface area contributed by atoms with E-state index in [1.165, 1.54) is 11.9 Å². The second-order valence-electron chi connectivity index (χ2n) is 13.1. The number of nitrogens with zero attached hydrogens (tertiary/aromatic N) is 2. The molecule has 222 valence electrons. The van der Waals surface area contributed by atoms with Crippen molar-refractivity contribution >= 4 is 48.4 Å². The molecule has 0 aromatic carbocycles. The van der Waals surface area contributed by atoms with Crippen LogP contribution in [0, 0.1) is 5.92 Å². The number of hydrogen-bond acceptors (Lipinski definition) is 9. The van der Waals surface area contributed by atoms with Crippen LogP contribution in [0.4, 0.5) is 0 Å². The van der Waals surface area contributed by atoms with Crippen LogP contribution in [-0.4, -0.2) is 57.5 Å². The van der Waals surface area contributed by atoms with Crippen LogP contribution in [-0.2, 0) is 30.0 Å². The molecule has 2 aliphatic heterocycles. The van der Waals surface area contributed by atoms with Gasteiger partial charge in [-0.1, -0.05) is 44.3 Å². The van der Waals surface area contributed by atoms with Gasteiger partial charge in [0.1, 0.15) is 18.0 Å². The van der Waals surface area contributed by atoms with Crippen LogP contribution in [0.1, 0.15) is 66.5 Å². The molecule has 1 aliphatic carbocycles. The molecule has 0 radical (unpaired) electrons. The molecule has 40 heavy (non-hydrogen) atoms. The topological polar surface area (TPSA) is 120 Å². The van der Waals surface area contributed by atoms with Gasteiger partial charge < -0.3 is 18.2 Å². The van der Waals surface area contributed by atoms with E-state index in [4.69, 9.17) is 30.0 Å². The Bertz CT molecular complexity index is 1470. The predicted molar refractivity (Wildman–Crippen MR) is 165 cm³/mol. The summed E-state index contributed by atoms with van der Waals surface area (Å²) in [6.07, 6.45) is 3.93. The van der Waals surface area contributed by atoms with E-state index in [1.807, 2.05) is 0 Å². The van der Waals surface area contributed by atoms with Gasteiger partial charge in [-0.05, 0) is 69.0 Å². The normalized spacial score (nSPS) is 34.8. The van der Waals surface area contributed by atoms with Crippen molar-refractivity contribution in [3.63, 3.8) is 0 Å².